The van der Waals surface area contributed by atoms with Gasteiger partial charge in [-0.25, -0.2) is 9.78 Å². The SMILES string of the molecule is CCCOc1ccc(/C(O)=C2\C(=O)C(=O)N(c3nc(C)c(C(=O)OCC)s3)[C@@H]2c2ccccc2)cc1. The standard InChI is InChI=1S/C27H26N2O6S/c1-4-15-35-19-13-11-18(12-14-19)22(30)20-21(17-9-7-6-8-10-17)29(25(32)23(20)31)27-28-16(3)24(36-27)26(33)34-5-2/h6-14,21,30H,4-5,15H2,1-3H3/b22-20+/t21-/m1/s1. The third kappa shape index (κ3) is 4.74. The lowest BCUT2D eigenvalue weighted by atomic mass is 9.95. The van der Waals surface area contributed by atoms with Crippen LogP contribution in [0.3, 0.4) is 0 Å². The van der Waals surface area contributed by atoms with Crippen molar-refractivity contribution < 1.29 is 29.0 Å². The molecule has 8 nitrogen and oxygen atoms in total. The van der Waals surface area contributed by atoms with Gasteiger partial charge in [0.25, 0.3) is 5.78 Å². The minimum atomic E-state index is -0.928. The summed E-state index contributed by atoms with van der Waals surface area (Å²) in [6.45, 7) is 6.10. The Bertz CT molecular complexity index is 1310. The number of aliphatic hydroxyl groups excluding tert-OH is 1. The highest BCUT2D eigenvalue weighted by Gasteiger charge is 2.48. The monoisotopic (exact) mass is 506 g/mol. The Morgan fingerprint density at radius 2 is 1.78 bits per heavy atom. The molecule has 9 heteroatoms. The first-order valence-corrected chi connectivity index (χ1v) is 12.4. The quantitative estimate of drug-likeness (QED) is 0.197. The molecule has 1 fully saturated rings. The highest BCUT2D eigenvalue weighted by Crippen LogP contribution is 2.44. The van der Waals surface area contributed by atoms with Gasteiger partial charge in [0.1, 0.15) is 16.4 Å². The normalized spacial score (nSPS) is 16.9. The summed E-state index contributed by atoms with van der Waals surface area (Å²) < 4.78 is 10.7. The number of hydrogen-bond donors (Lipinski definition) is 1. The van der Waals surface area contributed by atoms with E-state index in [1.807, 2.05) is 13.0 Å². The molecule has 1 N–H and O–H groups in total. The molecule has 0 aliphatic carbocycles. The van der Waals surface area contributed by atoms with Crippen LogP contribution in [-0.4, -0.2) is 41.0 Å². The van der Waals surface area contributed by atoms with E-state index < -0.39 is 23.7 Å². The number of esters is 1. The van der Waals surface area contributed by atoms with Gasteiger partial charge < -0.3 is 14.6 Å². The van der Waals surface area contributed by atoms with Crippen molar-refractivity contribution in [2.24, 2.45) is 0 Å². The third-order valence-corrected chi connectivity index (χ3v) is 6.75. The molecular weight excluding hydrogens is 480 g/mol. The molecule has 36 heavy (non-hydrogen) atoms. The number of carbonyl (C=O) groups excluding carboxylic acids is 3. The Hall–Kier alpha value is -3.98. The molecule has 1 saturated heterocycles. The van der Waals surface area contributed by atoms with Gasteiger partial charge in [-0.2, -0.15) is 0 Å². The zero-order chi connectivity index (χ0) is 25.8. The number of aliphatic hydroxyl groups is 1. The van der Waals surface area contributed by atoms with Crippen molar-refractivity contribution in [1.29, 1.82) is 0 Å². The predicted molar refractivity (Wildman–Crippen MR) is 136 cm³/mol. The smallest absolute Gasteiger partial charge is 0.350 e. The number of benzene rings is 2. The van der Waals surface area contributed by atoms with Crippen LogP contribution < -0.4 is 9.64 Å². The van der Waals surface area contributed by atoms with Crippen LogP contribution in [0.5, 0.6) is 5.75 Å². The number of carbonyl (C=O) groups is 3. The number of Topliss-reactive ketones (excluding diaryl/α,β-unsaturated/α-hetero) is 1. The maximum atomic E-state index is 13.3. The summed E-state index contributed by atoms with van der Waals surface area (Å²) in [6.07, 6.45) is 0.858. The van der Waals surface area contributed by atoms with Crippen molar-refractivity contribution in [3.8, 4) is 5.75 Å². The first kappa shape index (κ1) is 25.1. The van der Waals surface area contributed by atoms with Gasteiger partial charge in [-0.15, -0.1) is 0 Å². The van der Waals surface area contributed by atoms with Gasteiger partial charge in [0.05, 0.1) is 30.5 Å². The average Bonchev–Trinajstić information content (AvgIpc) is 3.40. The van der Waals surface area contributed by atoms with Crippen LogP contribution >= 0.6 is 11.3 Å². The van der Waals surface area contributed by atoms with E-state index in [0.29, 0.717) is 29.2 Å². The van der Waals surface area contributed by atoms with E-state index in [4.69, 9.17) is 9.47 Å². The minimum Gasteiger partial charge on any atom is -0.507 e. The maximum absolute atomic E-state index is 13.3. The number of ketones is 1. The van der Waals surface area contributed by atoms with Gasteiger partial charge in [0.2, 0.25) is 0 Å². The van der Waals surface area contributed by atoms with Crippen molar-refractivity contribution in [3.63, 3.8) is 0 Å². The number of amides is 1. The van der Waals surface area contributed by atoms with Crippen molar-refractivity contribution in [2.45, 2.75) is 33.2 Å². The molecule has 1 atom stereocenters. The van der Waals surface area contributed by atoms with E-state index in [1.165, 1.54) is 4.90 Å². The third-order valence-electron chi connectivity index (χ3n) is 5.61. The Morgan fingerprint density at radius 3 is 2.42 bits per heavy atom. The van der Waals surface area contributed by atoms with Crippen LogP contribution in [0.1, 0.15) is 52.8 Å². The summed E-state index contributed by atoms with van der Waals surface area (Å²) in [5, 5.41) is 11.4. The molecule has 0 saturated carbocycles. The maximum Gasteiger partial charge on any atom is 0.350 e. The molecule has 0 radical (unpaired) electrons. The van der Waals surface area contributed by atoms with Gasteiger partial charge in [0.15, 0.2) is 5.13 Å². The predicted octanol–water partition coefficient (Wildman–Crippen LogP) is 5.04. The van der Waals surface area contributed by atoms with Crippen LogP contribution in [0.25, 0.3) is 5.76 Å². The lowest BCUT2D eigenvalue weighted by Gasteiger charge is -2.23. The molecule has 0 bridgehead atoms. The fourth-order valence-electron chi connectivity index (χ4n) is 3.94. The van der Waals surface area contributed by atoms with Crippen molar-refractivity contribution >= 4 is 39.9 Å². The molecule has 2 heterocycles. The molecule has 1 aliphatic rings. The van der Waals surface area contributed by atoms with Crippen molar-refractivity contribution in [2.75, 3.05) is 18.1 Å². The zero-order valence-electron chi connectivity index (χ0n) is 20.2. The van der Waals surface area contributed by atoms with E-state index in [-0.39, 0.29) is 27.9 Å². The fourth-order valence-corrected chi connectivity index (χ4v) is 4.92. The number of aryl methyl sites for hydroxylation is 1. The largest absolute Gasteiger partial charge is 0.507 e. The fraction of sp³-hybridized carbons (Fsp3) is 0.259. The summed E-state index contributed by atoms with van der Waals surface area (Å²) in [6, 6.07) is 14.7. The number of aromatic nitrogens is 1. The second-order valence-corrected chi connectivity index (χ2v) is 9.06. The molecule has 2 aromatic carbocycles. The number of ether oxygens (including phenoxy) is 2. The van der Waals surface area contributed by atoms with Crippen molar-refractivity contribution in [3.05, 3.63) is 81.9 Å². The molecule has 0 spiro atoms. The molecule has 1 amide bonds. The summed E-state index contributed by atoms with van der Waals surface area (Å²) in [5.74, 6) is -1.88. The van der Waals surface area contributed by atoms with Crippen LogP contribution in [0, 0.1) is 6.92 Å². The summed E-state index contributed by atoms with van der Waals surface area (Å²) in [4.78, 5) is 44.8. The van der Waals surface area contributed by atoms with Gasteiger partial charge in [-0.3, -0.25) is 14.5 Å². The lowest BCUT2D eigenvalue weighted by Crippen LogP contribution is -2.29. The van der Waals surface area contributed by atoms with Crippen LogP contribution in [0.15, 0.2) is 60.2 Å². The Kier molecular flexibility index (Phi) is 7.49. The Balaban J connectivity index is 1.82. The second kappa shape index (κ2) is 10.7. The highest BCUT2D eigenvalue weighted by atomic mass is 32.1. The van der Waals surface area contributed by atoms with E-state index in [0.717, 1.165) is 17.8 Å². The summed E-state index contributed by atoms with van der Waals surface area (Å²) >= 11 is 0.975. The molecule has 4 rings (SSSR count). The summed E-state index contributed by atoms with van der Waals surface area (Å²) in [7, 11) is 0. The zero-order valence-corrected chi connectivity index (χ0v) is 21.0. The van der Waals surface area contributed by atoms with E-state index in [9.17, 15) is 19.5 Å². The van der Waals surface area contributed by atoms with Crippen LogP contribution in [0.2, 0.25) is 0 Å². The summed E-state index contributed by atoms with van der Waals surface area (Å²) in [5.41, 5.74) is 1.33. The van der Waals surface area contributed by atoms with E-state index in [2.05, 4.69) is 4.98 Å². The molecule has 1 aromatic heterocycles. The topological polar surface area (TPSA) is 106 Å². The average molecular weight is 507 g/mol. The van der Waals surface area contributed by atoms with Gasteiger partial charge >= 0.3 is 11.9 Å². The van der Waals surface area contributed by atoms with Gasteiger partial charge in [0, 0.05) is 5.56 Å². The van der Waals surface area contributed by atoms with Crippen molar-refractivity contribution in [1.82, 2.24) is 4.98 Å². The molecular formula is C27H26N2O6S. The number of hydrogen-bond acceptors (Lipinski definition) is 8. The second-order valence-electron chi connectivity index (χ2n) is 8.08. The number of rotatable bonds is 8. The lowest BCUT2D eigenvalue weighted by molar-refractivity contribution is -0.132. The first-order chi connectivity index (χ1) is 17.4. The molecule has 186 valence electrons. The number of thiazole rings is 1. The Morgan fingerprint density at radius 1 is 1.08 bits per heavy atom. The minimum absolute atomic E-state index is 0.0565. The molecule has 0 unspecified atom stereocenters. The van der Waals surface area contributed by atoms with Crippen LogP contribution in [0.4, 0.5) is 5.13 Å². The highest BCUT2D eigenvalue weighted by molar-refractivity contribution is 7.17. The number of anilines is 1. The molecule has 1 aliphatic heterocycles. The number of nitrogens with zero attached hydrogens (tertiary/aromatic N) is 2. The molecule has 3 aromatic rings. The van der Waals surface area contributed by atoms with E-state index >= 15 is 0 Å². The Labute approximate surface area is 212 Å². The first-order valence-electron chi connectivity index (χ1n) is 11.6. The van der Waals surface area contributed by atoms with Gasteiger partial charge in [-0.05, 0) is 50.1 Å². The van der Waals surface area contributed by atoms with Crippen LogP contribution in [-0.2, 0) is 14.3 Å². The van der Waals surface area contributed by atoms with Gasteiger partial charge in [-0.1, -0.05) is 48.6 Å². The van der Waals surface area contributed by atoms with E-state index in [1.54, 1.807) is 62.4 Å².